The van der Waals surface area contributed by atoms with Gasteiger partial charge >= 0.3 is 0 Å². The van der Waals surface area contributed by atoms with E-state index in [-0.39, 0.29) is 0 Å². The van der Waals surface area contributed by atoms with Crippen molar-refractivity contribution in [1.82, 2.24) is 9.97 Å². The van der Waals surface area contributed by atoms with Crippen LogP contribution in [-0.2, 0) is 0 Å². The van der Waals surface area contributed by atoms with Crippen molar-refractivity contribution in [3.05, 3.63) is 41.2 Å². The zero-order chi connectivity index (χ0) is 15.2. The summed E-state index contributed by atoms with van der Waals surface area (Å²) in [5.74, 6) is 3.33. The molecular formula is C16H22N4O. The Kier molecular flexibility index (Phi) is 4.98. The minimum Gasteiger partial charge on any atom is -0.492 e. The molecule has 21 heavy (non-hydrogen) atoms. The summed E-state index contributed by atoms with van der Waals surface area (Å²) in [7, 11) is 1.86. The lowest BCUT2D eigenvalue weighted by Crippen LogP contribution is -2.14. The Balaban J connectivity index is 1.90. The number of anilines is 2. The van der Waals surface area contributed by atoms with Gasteiger partial charge in [0.1, 0.15) is 29.8 Å². The Hall–Kier alpha value is -2.30. The average Bonchev–Trinajstić information content (AvgIpc) is 2.46. The summed E-state index contributed by atoms with van der Waals surface area (Å²) in [6, 6.07) is 8.04. The normalized spacial score (nSPS) is 10.3. The minimum absolute atomic E-state index is 0.584. The molecule has 2 N–H and O–H groups in total. The van der Waals surface area contributed by atoms with Crippen LogP contribution in [-0.4, -0.2) is 30.2 Å². The molecule has 0 aliphatic carbocycles. The van der Waals surface area contributed by atoms with Crippen LogP contribution >= 0.6 is 0 Å². The molecule has 1 heterocycles. The molecule has 5 heteroatoms. The molecule has 0 saturated heterocycles. The second kappa shape index (κ2) is 6.92. The molecule has 5 nitrogen and oxygen atoms in total. The molecule has 1 aromatic heterocycles. The smallest absolute Gasteiger partial charge is 0.134 e. The largest absolute Gasteiger partial charge is 0.492 e. The summed E-state index contributed by atoms with van der Waals surface area (Å²) in [5, 5.41) is 6.37. The van der Waals surface area contributed by atoms with Gasteiger partial charge in [-0.3, -0.25) is 0 Å². The Bertz CT molecular complexity index is 613. The van der Waals surface area contributed by atoms with E-state index in [9.17, 15) is 0 Å². The predicted molar refractivity (Wildman–Crippen MR) is 86.2 cm³/mol. The first-order valence-corrected chi connectivity index (χ1v) is 7.06. The first-order valence-electron chi connectivity index (χ1n) is 7.06. The van der Waals surface area contributed by atoms with Crippen LogP contribution in [0.5, 0.6) is 5.75 Å². The zero-order valence-electron chi connectivity index (χ0n) is 13.0. The Morgan fingerprint density at radius 3 is 2.57 bits per heavy atom. The molecule has 0 saturated carbocycles. The Morgan fingerprint density at radius 1 is 1.10 bits per heavy atom. The molecule has 1 aromatic carbocycles. The quantitative estimate of drug-likeness (QED) is 0.800. The Labute approximate surface area is 125 Å². The third kappa shape index (κ3) is 4.08. The second-order valence-corrected chi connectivity index (χ2v) is 4.93. The topological polar surface area (TPSA) is 59.1 Å². The molecule has 0 atom stereocenters. The SMILES string of the molecule is CNc1nc(C)nc(NCCOc2cccc(C)c2)c1C. The zero-order valence-corrected chi connectivity index (χ0v) is 13.0. The third-order valence-corrected chi connectivity index (χ3v) is 3.15. The summed E-state index contributed by atoms with van der Waals surface area (Å²) in [6.45, 7) is 7.20. The van der Waals surface area contributed by atoms with Crippen molar-refractivity contribution >= 4 is 11.6 Å². The van der Waals surface area contributed by atoms with Crippen LogP contribution in [0.2, 0.25) is 0 Å². The second-order valence-electron chi connectivity index (χ2n) is 4.93. The fourth-order valence-corrected chi connectivity index (χ4v) is 2.09. The molecule has 0 aliphatic heterocycles. The number of aromatic nitrogens is 2. The van der Waals surface area contributed by atoms with Crippen LogP contribution in [0.15, 0.2) is 24.3 Å². The van der Waals surface area contributed by atoms with Gasteiger partial charge in [0.15, 0.2) is 0 Å². The van der Waals surface area contributed by atoms with Gasteiger partial charge < -0.3 is 15.4 Å². The van der Waals surface area contributed by atoms with Crippen molar-refractivity contribution in [3.8, 4) is 5.75 Å². The first-order chi connectivity index (χ1) is 10.1. The highest BCUT2D eigenvalue weighted by atomic mass is 16.5. The maximum Gasteiger partial charge on any atom is 0.134 e. The predicted octanol–water partition coefficient (Wildman–Crippen LogP) is 2.93. The molecule has 2 rings (SSSR count). The number of hydrogen-bond acceptors (Lipinski definition) is 5. The summed E-state index contributed by atoms with van der Waals surface area (Å²) in [6.07, 6.45) is 0. The van der Waals surface area contributed by atoms with Gasteiger partial charge in [0.25, 0.3) is 0 Å². The molecule has 0 spiro atoms. The van der Waals surface area contributed by atoms with Crippen molar-refractivity contribution in [2.45, 2.75) is 20.8 Å². The fraction of sp³-hybridized carbons (Fsp3) is 0.375. The monoisotopic (exact) mass is 286 g/mol. The van der Waals surface area contributed by atoms with E-state index in [1.54, 1.807) is 0 Å². The molecule has 0 aliphatic rings. The number of aryl methyl sites for hydroxylation is 2. The van der Waals surface area contributed by atoms with Gasteiger partial charge in [-0.25, -0.2) is 9.97 Å². The fourth-order valence-electron chi connectivity index (χ4n) is 2.09. The molecule has 0 fully saturated rings. The highest BCUT2D eigenvalue weighted by Crippen LogP contribution is 2.19. The lowest BCUT2D eigenvalue weighted by Gasteiger charge is -2.13. The summed E-state index contributed by atoms with van der Waals surface area (Å²) in [4.78, 5) is 8.77. The van der Waals surface area contributed by atoms with Gasteiger partial charge in [0.05, 0.1) is 6.54 Å². The van der Waals surface area contributed by atoms with Crippen LogP contribution in [0.3, 0.4) is 0 Å². The first kappa shape index (κ1) is 15.1. The molecular weight excluding hydrogens is 264 g/mol. The van der Waals surface area contributed by atoms with Crippen molar-refractivity contribution < 1.29 is 4.74 Å². The lowest BCUT2D eigenvalue weighted by molar-refractivity contribution is 0.332. The van der Waals surface area contributed by atoms with E-state index in [1.807, 2.05) is 39.1 Å². The van der Waals surface area contributed by atoms with E-state index in [0.29, 0.717) is 13.2 Å². The van der Waals surface area contributed by atoms with Gasteiger partial charge in [-0.05, 0) is 38.5 Å². The van der Waals surface area contributed by atoms with Crippen LogP contribution in [0.4, 0.5) is 11.6 Å². The summed E-state index contributed by atoms with van der Waals surface area (Å²) in [5.41, 5.74) is 2.21. The highest BCUT2D eigenvalue weighted by molar-refractivity contribution is 5.56. The van der Waals surface area contributed by atoms with Gasteiger partial charge in [-0.1, -0.05) is 12.1 Å². The van der Waals surface area contributed by atoms with E-state index in [0.717, 1.165) is 28.8 Å². The van der Waals surface area contributed by atoms with Crippen molar-refractivity contribution in [3.63, 3.8) is 0 Å². The van der Waals surface area contributed by atoms with E-state index in [4.69, 9.17) is 4.74 Å². The number of nitrogens with zero attached hydrogens (tertiary/aromatic N) is 2. The summed E-state index contributed by atoms with van der Waals surface area (Å²) >= 11 is 0. The van der Waals surface area contributed by atoms with Gasteiger partial charge in [-0.2, -0.15) is 0 Å². The standard InChI is InChI=1S/C16H22N4O/c1-11-6-5-7-14(10-11)21-9-8-18-16-12(2)15(17-4)19-13(3)20-16/h5-7,10H,8-9H2,1-4H3,(H2,17,18,19,20). The Morgan fingerprint density at radius 2 is 1.86 bits per heavy atom. The minimum atomic E-state index is 0.584. The van der Waals surface area contributed by atoms with Crippen molar-refractivity contribution in [2.24, 2.45) is 0 Å². The van der Waals surface area contributed by atoms with Gasteiger partial charge in [-0.15, -0.1) is 0 Å². The molecule has 2 aromatic rings. The number of hydrogen-bond donors (Lipinski definition) is 2. The van der Waals surface area contributed by atoms with E-state index in [2.05, 4.69) is 33.6 Å². The van der Waals surface area contributed by atoms with E-state index < -0.39 is 0 Å². The van der Waals surface area contributed by atoms with E-state index in [1.165, 1.54) is 5.56 Å². The molecule has 0 radical (unpaired) electrons. The van der Waals surface area contributed by atoms with E-state index >= 15 is 0 Å². The number of rotatable bonds is 6. The molecule has 0 unspecified atom stereocenters. The number of ether oxygens (including phenoxy) is 1. The third-order valence-electron chi connectivity index (χ3n) is 3.15. The average molecular weight is 286 g/mol. The highest BCUT2D eigenvalue weighted by Gasteiger charge is 2.07. The van der Waals surface area contributed by atoms with Crippen LogP contribution in [0.1, 0.15) is 17.0 Å². The van der Waals surface area contributed by atoms with Crippen LogP contribution in [0, 0.1) is 20.8 Å². The lowest BCUT2D eigenvalue weighted by atomic mass is 10.2. The molecule has 0 amide bonds. The number of nitrogens with one attached hydrogen (secondary N) is 2. The molecule has 0 bridgehead atoms. The molecule has 112 valence electrons. The maximum absolute atomic E-state index is 5.71. The number of benzene rings is 1. The van der Waals surface area contributed by atoms with Crippen molar-refractivity contribution in [2.75, 3.05) is 30.8 Å². The van der Waals surface area contributed by atoms with Gasteiger partial charge in [0.2, 0.25) is 0 Å². The van der Waals surface area contributed by atoms with Crippen LogP contribution in [0.25, 0.3) is 0 Å². The maximum atomic E-state index is 5.71. The van der Waals surface area contributed by atoms with Crippen molar-refractivity contribution in [1.29, 1.82) is 0 Å². The van der Waals surface area contributed by atoms with Gasteiger partial charge in [0, 0.05) is 12.6 Å². The van der Waals surface area contributed by atoms with Crippen LogP contribution < -0.4 is 15.4 Å². The summed E-state index contributed by atoms with van der Waals surface area (Å²) < 4.78 is 5.71.